The summed E-state index contributed by atoms with van der Waals surface area (Å²) in [4.78, 5) is 22.4. The summed E-state index contributed by atoms with van der Waals surface area (Å²) in [6.45, 7) is -0.235. The predicted octanol–water partition coefficient (Wildman–Crippen LogP) is 3.94. The van der Waals surface area contributed by atoms with Crippen molar-refractivity contribution in [2.24, 2.45) is 0 Å². The van der Waals surface area contributed by atoms with Gasteiger partial charge in [-0.25, -0.2) is 0 Å². The molecular weight excluding hydrogens is 364 g/mol. The minimum Gasteiger partial charge on any atom is -0.490 e. The van der Waals surface area contributed by atoms with Crippen LogP contribution in [0.4, 0.5) is 11.4 Å². The number of nitro benzene ring substituents is 1. The molecule has 1 N–H and O–H groups in total. The maximum atomic E-state index is 12.1. The van der Waals surface area contributed by atoms with E-state index in [0.29, 0.717) is 11.4 Å². The van der Waals surface area contributed by atoms with Crippen LogP contribution in [0.25, 0.3) is 0 Å². The zero-order chi connectivity index (χ0) is 19.9. The van der Waals surface area contributed by atoms with Crippen molar-refractivity contribution in [1.29, 1.82) is 0 Å². The fraction of sp³-hybridized carbons (Fsp3) is 0.350. The van der Waals surface area contributed by atoms with Gasteiger partial charge in [0.15, 0.2) is 6.61 Å². The van der Waals surface area contributed by atoms with Crippen LogP contribution in [0.15, 0.2) is 42.5 Å². The summed E-state index contributed by atoms with van der Waals surface area (Å²) in [6.07, 6.45) is 4.87. The number of benzene rings is 2. The number of nitro groups is 1. The van der Waals surface area contributed by atoms with Crippen molar-refractivity contribution >= 4 is 17.3 Å². The Labute approximate surface area is 162 Å². The first-order chi connectivity index (χ1) is 13.5. The fourth-order valence-corrected chi connectivity index (χ4v) is 3.06. The Morgan fingerprint density at radius 1 is 1.14 bits per heavy atom. The minimum absolute atomic E-state index is 0.0701. The van der Waals surface area contributed by atoms with E-state index < -0.39 is 4.92 Å². The van der Waals surface area contributed by atoms with Gasteiger partial charge in [0, 0.05) is 17.8 Å². The highest BCUT2D eigenvalue weighted by atomic mass is 16.6. The summed E-state index contributed by atoms with van der Waals surface area (Å²) in [5.74, 6) is 0.819. The number of ether oxygens (including phenoxy) is 3. The Balaban J connectivity index is 1.50. The number of hydrogen-bond acceptors (Lipinski definition) is 6. The number of nitrogens with zero attached hydrogens (tertiary/aromatic N) is 1. The van der Waals surface area contributed by atoms with E-state index in [4.69, 9.17) is 14.2 Å². The lowest BCUT2D eigenvalue weighted by Gasteiger charge is -2.13. The van der Waals surface area contributed by atoms with Gasteiger partial charge in [-0.2, -0.15) is 0 Å². The van der Waals surface area contributed by atoms with Crippen LogP contribution in [0.3, 0.4) is 0 Å². The molecule has 1 saturated carbocycles. The summed E-state index contributed by atoms with van der Waals surface area (Å²) >= 11 is 0. The number of methoxy groups -OCH3 is 1. The third-order valence-electron chi connectivity index (χ3n) is 4.46. The van der Waals surface area contributed by atoms with Gasteiger partial charge in [-0.3, -0.25) is 14.9 Å². The molecule has 0 bridgehead atoms. The van der Waals surface area contributed by atoms with Crippen LogP contribution in [0.5, 0.6) is 17.2 Å². The van der Waals surface area contributed by atoms with Crippen LogP contribution in [-0.2, 0) is 4.79 Å². The average Bonchev–Trinajstić information content (AvgIpc) is 3.20. The maximum Gasteiger partial charge on any atom is 0.311 e. The molecule has 0 aromatic heterocycles. The first-order valence-corrected chi connectivity index (χ1v) is 9.07. The molecule has 148 valence electrons. The van der Waals surface area contributed by atoms with Crippen molar-refractivity contribution in [2.75, 3.05) is 19.0 Å². The second-order valence-corrected chi connectivity index (χ2v) is 6.48. The molecule has 1 aliphatic carbocycles. The van der Waals surface area contributed by atoms with E-state index in [1.54, 1.807) is 12.1 Å². The molecule has 3 rings (SSSR count). The van der Waals surface area contributed by atoms with Gasteiger partial charge in [0.25, 0.3) is 5.91 Å². The molecule has 1 aliphatic rings. The number of carbonyl (C=O) groups is 1. The number of amides is 1. The van der Waals surface area contributed by atoms with Crippen molar-refractivity contribution in [3.63, 3.8) is 0 Å². The molecule has 0 aliphatic heterocycles. The number of nitrogens with one attached hydrogen (secondary N) is 1. The quantitative estimate of drug-likeness (QED) is 0.545. The van der Waals surface area contributed by atoms with Crippen LogP contribution < -0.4 is 19.5 Å². The first kappa shape index (κ1) is 19.5. The van der Waals surface area contributed by atoms with E-state index in [1.807, 2.05) is 12.1 Å². The first-order valence-electron chi connectivity index (χ1n) is 9.07. The van der Waals surface area contributed by atoms with E-state index in [2.05, 4.69) is 5.32 Å². The molecule has 0 unspecified atom stereocenters. The molecule has 0 radical (unpaired) electrons. The minimum atomic E-state index is -0.546. The maximum absolute atomic E-state index is 12.1. The molecule has 8 nitrogen and oxygen atoms in total. The molecule has 1 amide bonds. The van der Waals surface area contributed by atoms with Crippen LogP contribution in [-0.4, -0.2) is 30.7 Å². The lowest BCUT2D eigenvalue weighted by Crippen LogP contribution is -2.20. The Kier molecular flexibility index (Phi) is 6.31. The van der Waals surface area contributed by atoms with Crippen LogP contribution in [0.1, 0.15) is 25.7 Å². The smallest absolute Gasteiger partial charge is 0.311 e. The van der Waals surface area contributed by atoms with Gasteiger partial charge >= 0.3 is 5.69 Å². The van der Waals surface area contributed by atoms with Crippen molar-refractivity contribution in [1.82, 2.24) is 0 Å². The Morgan fingerprint density at radius 3 is 2.46 bits per heavy atom. The van der Waals surface area contributed by atoms with Crippen LogP contribution in [0.2, 0.25) is 0 Å². The Morgan fingerprint density at radius 2 is 1.82 bits per heavy atom. The summed E-state index contributed by atoms with van der Waals surface area (Å²) < 4.78 is 16.3. The van der Waals surface area contributed by atoms with Crippen LogP contribution >= 0.6 is 0 Å². The van der Waals surface area contributed by atoms with Crippen molar-refractivity contribution in [2.45, 2.75) is 31.8 Å². The highest BCUT2D eigenvalue weighted by molar-refractivity contribution is 5.91. The van der Waals surface area contributed by atoms with Gasteiger partial charge < -0.3 is 19.5 Å². The lowest BCUT2D eigenvalue weighted by atomic mass is 10.2. The predicted molar refractivity (Wildman–Crippen MR) is 103 cm³/mol. The normalized spacial score (nSPS) is 13.8. The van der Waals surface area contributed by atoms with E-state index in [1.165, 1.54) is 38.2 Å². The Bertz CT molecular complexity index is 831. The largest absolute Gasteiger partial charge is 0.490 e. The summed E-state index contributed by atoms with van der Waals surface area (Å²) in [5.41, 5.74) is 0.466. The molecule has 0 saturated heterocycles. The molecule has 2 aromatic carbocycles. The van der Waals surface area contributed by atoms with Crippen molar-refractivity contribution in [3.05, 3.63) is 52.6 Å². The van der Waals surface area contributed by atoms with Crippen molar-refractivity contribution in [3.8, 4) is 17.2 Å². The molecule has 0 heterocycles. The van der Waals surface area contributed by atoms with Gasteiger partial charge in [-0.05, 0) is 56.0 Å². The average molecular weight is 386 g/mol. The van der Waals surface area contributed by atoms with Crippen molar-refractivity contribution < 1.29 is 23.9 Å². The van der Waals surface area contributed by atoms with E-state index in [-0.39, 0.29) is 30.1 Å². The number of hydrogen-bond donors (Lipinski definition) is 1. The molecular formula is C20H22N2O6. The fourth-order valence-electron chi connectivity index (χ4n) is 3.06. The second kappa shape index (κ2) is 9.07. The SMILES string of the molecule is COc1cc(OCC(=O)Nc2ccc(OC3CCCC3)cc2)ccc1[N+](=O)[O-]. The van der Waals surface area contributed by atoms with Gasteiger partial charge in [-0.15, -0.1) is 0 Å². The van der Waals surface area contributed by atoms with Gasteiger partial charge in [0.1, 0.15) is 11.5 Å². The highest BCUT2D eigenvalue weighted by Crippen LogP contribution is 2.30. The molecule has 1 fully saturated rings. The van der Waals surface area contributed by atoms with Crippen LogP contribution in [0, 0.1) is 10.1 Å². The topological polar surface area (TPSA) is 99.9 Å². The highest BCUT2D eigenvalue weighted by Gasteiger charge is 2.17. The van der Waals surface area contributed by atoms with Gasteiger partial charge in [-0.1, -0.05) is 0 Å². The summed E-state index contributed by atoms with van der Waals surface area (Å²) in [5, 5.41) is 13.6. The third-order valence-corrected chi connectivity index (χ3v) is 4.46. The molecule has 0 atom stereocenters. The van der Waals surface area contributed by atoms with E-state index >= 15 is 0 Å². The molecule has 28 heavy (non-hydrogen) atoms. The molecule has 8 heteroatoms. The Hall–Kier alpha value is -3.29. The number of rotatable bonds is 8. The summed E-state index contributed by atoms with van der Waals surface area (Å²) in [6, 6.07) is 11.3. The monoisotopic (exact) mass is 386 g/mol. The number of anilines is 1. The summed E-state index contributed by atoms with van der Waals surface area (Å²) in [7, 11) is 1.33. The standard InChI is InChI=1S/C20H22N2O6/c1-26-19-12-17(10-11-18(19)22(24)25)27-13-20(23)21-14-6-8-16(9-7-14)28-15-4-2-3-5-15/h6-12,15H,2-5,13H2,1H3,(H,21,23). The number of carbonyl (C=O) groups excluding carboxylic acids is 1. The van der Waals surface area contributed by atoms with Gasteiger partial charge in [0.2, 0.25) is 5.75 Å². The zero-order valence-corrected chi connectivity index (χ0v) is 15.6. The molecule has 0 spiro atoms. The lowest BCUT2D eigenvalue weighted by molar-refractivity contribution is -0.385. The zero-order valence-electron chi connectivity index (χ0n) is 15.6. The third kappa shape index (κ3) is 5.12. The van der Waals surface area contributed by atoms with E-state index in [9.17, 15) is 14.9 Å². The molecule has 2 aromatic rings. The second-order valence-electron chi connectivity index (χ2n) is 6.48. The van der Waals surface area contributed by atoms with Gasteiger partial charge in [0.05, 0.1) is 18.1 Å². The van der Waals surface area contributed by atoms with E-state index in [0.717, 1.165) is 18.6 Å².